The highest BCUT2D eigenvalue weighted by Crippen LogP contribution is 2.25. The average molecular weight is 242 g/mol. The largest absolute Gasteiger partial charge is 0.397 e. The van der Waals surface area contributed by atoms with E-state index < -0.39 is 9.84 Å². The van der Waals surface area contributed by atoms with E-state index in [2.05, 4.69) is 0 Å². The standard InChI is InChI=1S/C11H18N2O2S/c1-9-5-4-6-10(12)11(9)13(2)7-8-16(3,14)15/h4-6H,7-8,12H2,1-3H3. The molecule has 5 heteroatoms. The van der Waals surface area contributed by atoms with Crippen LogP contribution in [-0.4, -0.2) is 34.0 Å². The zero-order valence-electron chi connectivity index (χ0n) is 9.90. The number of hydrogen-bond acceptors (Lipinski definition) is 4. The van der Waals surface area contributed by atoms with E-state index in [-0.39, 0.29) is 5.75 Å². The summed E-state index contributed by atoms with van der Waals surface area (Å²) < 4.78 is 22.2. The Hall–Kier alpha value is -1.23. The van der Waals surface area contributed by atoms with E-state index in [1.54, 1.807) is 0 Å². The topological polar surface area (TPSA) is 63.4 Å². The summed E-state index contributed by atoms with van der Waals surface area (Å²) in [7, 11) is -1.08. The second kappa shape index (κ2) is 4.74. The van der Waals surface area contributed by atoms with Crippen molar-refractivity contribution >= 4 is 21.2 Å². The number of nitrogens with zero attached hydrogens (tertiary/aromatic N) is 1. The minimum absolute atomic E-state index is 0.136. The Morgan fingerprint density at radius 2 is 2.00 bits per heavy atom. The van der Waals surface area contributed by atoms with Gasteiger partial charge in [0.05, 0.1) is 17.1 Å². The van der Waals surface area contributed by atoms with Gasteiger partial charge in [-0.1, -0.05) is 12.1 Å². The van der Waals surface area contributed by atoms with Crippen LogP contribution in [0.25, 0.3) is 0 Å². The van der Waals surface area contributed by atoms with Crippen molar-refractivity contribution in [2.75, 3.05) is 36.2 Å². The van der Waals surface area contributed by atoms with Crippen molar-refractivity contribution in [2.45, 2.75) is 6.92 Å². The lowest BCUT2D eigenvalue weighted by molar-refractivity contribution is 0.601. The van der Waals surface area contributed by atoms with Gasteiger partial charge < -0.3 is 10.6 Å². The number of anilines is 2. The fraction of sp³-hybridized carbons (Fsp3) is 0.455. The molecule has 1 aromatic rings. The number of nitrogens with two attached hydrogens (primary N) is 1. The third kappa shape index (κ3) is 3.41. The summed E-state index contributed by atoms with van der Waals surface area (Å²) in [5.41, 5.74) is 8.51. The van der Waals surface area contributed by atoms with Crippen molar-refractivity contribution in [1.29, 1.82) is 0 Å². The number of rotatable bonds is 4. The number of sulfone groups is 1. The summed E-state index contributed by atoms with van der Waals surface area (Å²) in [5.74, 6) is 0.136. The molecule has 0 saturated carbocycles. The first-order chi connectivity index (χ1) is 7.31. The molecule has 0 aliphatic rings. The van der Waals surface area contributed by atoms with Crippen LogP contribution in [0.15, 0.2) is 18.2 Å². The van der Waals surface area contributed by atoms with Gasteiger partial charge in [0.25, 0.3) is 0 Å². The molecule has 16 heavy (non-hydrogen) atoms. The van der Waals surface area contributed by atoms with Gasteiger partial charge in [0.2, 0.25) is 0 Å². The van der Waals surface area contributed by atoms with Crippen molar-refractivity contribution in [3.63, 3.8) is 0 Å². The second-order valence-electron chi connectivity index (χ2n) is 4.06. The van der Waals surface area contributed by atoms with E-state index in [0.29, 0.717) is 12.2 Å². The normalized spacial score (nSPS) is 11.4. The van der Waals surface area contributed by atoms with E-state index in [9.17, 15) is 8.42 Å². The van der Waals surface area contributed by atoms with E-state index in [1.165, 1.54) is 6.26 Å². The van der Waals surface area contributed by atoms with E-state index in [1.807, 2.05) is 37.1 Å². The van der Waals surface area contributed by atoms with Gasteiger partial charge >= 0.3 is 0 Å². The maximum atomic E-state index is 11.1. The Morgan fingerprint density at radius 1 is 1.38 bits per heavy atom. The fourth-order valence-corrected chi connectivity index (χ4v) is 2.22. The van der Waals surface area contributed by atoms with Gasteiger partial charge in [0, 0.05) is 19.8 Å². The molecule has 1 aromatic carbocycles. The van der Waals surface area contributed by atoms with Crippen LogP contribution in [0, 0.1) is 6.92 Å². The lowest BCUT2D eigenvalue weighted by Crippen LogP contribution is -2.26. The third-order valence-electron chi connectivity index (χ3n) is 2.45. The molecule has 0 bridgehead atoms. The Morgan fingerprint density at radius 3 is 2.50 bits per heavy atom. The van der Waals surface area contributed by atoms with Crippen LogP contribution in [0.1, 0.15) is 5.56 Å². The first-order valence-electron chi connectivity index (χ1n) is 5.05. The van der Waals surface area contributed by atoms with Gasteiger partial charge in [-0.3, -0.25) is 0 Å². The van der Waals surface area contributed by atoms with Gasteiger partial charge in [-0.15, -0.1) is 0 Å². The van der Waals surface area contributed by atoms with E-state index in [0.717, 1.165) is 11.3 Å². The first-order valence-corrected chi connectivity index (χ1v) is 7.11. The van der Waals surface area contributed by atoms with Gasteiger partial charge in [-0.05, 0) is 18.6 Å². The molecule has 0 aliphatic heterocycles. The summed E-state index contributed by atoms with van der Waals surface area (Å²) in [6.45, 7) is 2.41. The maximum absolute atomic E-state index is 11.1. The monoisotopic (exact) mass is 242 g/mol. The van der Waals surface area contributed by atoms with Crippen molar-refractivity contribution in [3.05, 3.63) is 23.8 Å². The molecule has 0 radical (unpaired) electrons. The zero-order chi connectivity index (χ0) is 12.3. The summed E-state index contributed by atoms with van der Waals surface area (Å²) >= 11 is 0. The molecule has 0 amide bonds. The first kappa shape index (κ1) is 12.8. The minimum Gasteiger partial charge on any atom is -0.397 e. The van der Waals surface area contributed by atoms with Crippen LogP contribution in [0.3, 0.4) is 0 Å². The molecule has 0 heterocycles. The molecule has 0 fully saturated rings. The lowest BCUT2D eigenvalue weighted by atomic mass is 10.1. The molecule has 90 valence electrons. The number of benzene rings is 1. The molecule has 0 aromatic heterocycles. The van der Waals surface area contributed by atoms with Crippen molar-refractivity contribution in [3.8, 4) is 0 Å². The number of para-hydroxylation sites is 1. The number of hydrogen-bond donors (Lipinski definition) is 1. The fourth-order valence-electron chi connectivity index (χ4n) is 1.62. The molecule has 1 rings (SSSR count). The summed E-state index contributed by atoms with van der Waals surface area (Å²) in [6, 6.07) is 5.67. The van der Waals surface area contributed by atoms with Crippen molar-refractivity contribution in [1.82, 2.24) is 0 Å². The van der Waals surface area contributed by atoms with Crippen LogP contribution in [0.4, 0.5) is 11.4 Å². The molecule has 0 atom stereocenters. The van der Waals surface area contributed by atoms with Crippen molar-refractivity contribution in [2.24, 2.45) is 0 Å². The molecular formula is C11H18N2O2S. The van der Waals surface area contributed by atoms with Gasteiger partial charge in [-0.2, -0.15) is 0 Å². The Balaban J connectivity index is 2.85. The highest BCUT2D eigenvalue weighted by Gasteiger charge is 2.10. The van der Waals surface area contributed by atoms with Gasteiger partial charge in [-0.25, -0.2) is 8.42 Å². The molecular weight excluding hydrogens is 224 g/mol. The molecule has 2 N–H and O–H groups in total. The molecule has 0 saturated heterocycles. The van der Waals surface area contributed by atoms with Crippen LogP contribution >= 0.6 is 0 Å². The maximum Gasteiger partial charge on any atom is 0.149 e. The molecule has 4 nitrogen and oxygen atoms in total. The quantitative estimate of drug-likeness (QED) is 0.802. The van der Waals surface area contributed by atoms with E-state index >= 15 is 0 Å². The lowest BCUT2D eigenvalue weighted by Gasteiger charge is -2.22. The van der Waals surface area contributed by atoms with Crippen LogP contribution in [0.5, 0.6) is 0 Å². The summed E-state index contributed by atoms with van der Waals surface area (Å²) in [4.78, 5) is 1.88. The zero-order valence-corrected chi connectivity index (χ0v) is 10.7. The smallest absolute Gasteiger partial charge is 0.149 e. The summed E-state index contributed by atoms with van der Waals surface area (Å²) in [5, 5.41) is 0. The second-order valence-corrected chi connectivity index (χ2v) is 6.32. The summed E-state index contributed by atoms with van der Waals surface area (Å²) in [6.07, 6.45) is 1.24. The SMILES string of the molecule is Cc1cccc(N)c1N(C)CCS(C)(=O)=O. The molecule has 0 aliphatic carbocycles. The van der Waals surface area contributed by atoms with Crippen LogP contribution < -0.4 is 10.6 Å². The predicted molar refractivity (Wildman–Crippen MR) is 68.6 cm³/mol. The van der Waals surface area contributed by atoms with Gasteiger partial charge in [0.15, 0.2) is 0 Å². The molecule has 0 unspecified atom stereocenters. The highest BCUT2D eigenvalue weighted by molar-refractivity contribution is 7.90. The number of aryl methyl sites for hydroxylation is 1. The Labute approximate surface area is 97.0 Å². The molecule has 0 spiro atoms. The Kier molecular flexibility index (Phi) is 3.80. The highest BCUT2D eigenvalue weighted by atomic mass is 32.2. The van der Waals surface area contributed by atoms with Crippen LogP contribution in [-0.2, 0) is 9.84 Å². The third-order valence-corrected chi connectivity index (χ3v) is 3.37. The number of nitrogen functional groups attached to an aromatic ring is 1. The van der Waals surface area contributed by atoms with Crippen LogP contribution in [0.2, 0.25) is 0 Å². The van der Waals surface area contributed by atoms with E-state index in [4.69, 9.17) is 5.73 Å². The van der Waals surface area contributed by atoms with Crippen molar-refractivity contribution < 1.29 is 8.42 Å². The Bertz CT molecular complexity index is 449. The average Bonchev–Trinajstić information content (AvgIpc) is 2.13. The minimum atomic E-state index is -2.94. The predicted octanol–water partition coefficient (Wildman–Crippen LogP) is 1.06. The van der Waals surface area contributed by atoms with Gasteiger partial charge in [0.1, 0.15) is 9.84 Å².